The molecule has 2 atom stereocenters. The lowest BCUT2D eigenvalue weighted by Crippen LogP contribution is -2.53. The summed E-state index contributed by atoms with van der Waals surface area (Å²) in [4.78, 5) is 29.0. The average molecular weight is 328 g/mol. The van der Waals surface area contributed by atoms with Crippen molar-refractivity contribution in [3.05, 3.63) is 36.0 Å². The third-order valence-electron chi connectivity index (χ3n) is 5.05. The first kappa shape index (κ1) is 15.0. The Morgan fingerprint density at radius 2 is 2.17 bits per heavy atom. The summed E-state index contributed by atoms with van der Waals surface area (Å²) in [7, 11) is 1.83. The quantitative estimate of drug-likeness (QED) is 0.842. The molecule has 0 unspecified atom stereocenters. The van der Waals surface area contributed by atoms with Gasteiger partial charge in [-0.2, -0.15) is 5.10 Å². The zero-order chi connectivity index (χ0) is 16.8. The van der Waals surface area contributed by atoms with E-state index in [-0.39, 0.29) is 23.9 Å². The number of nitrogens with zero attached hydrogens (tertiary/aromatic N) is 4. The smallest absolute Gasteiger partial charge is 0.290 e. The normalized spacial score (nSPS) is 23.7. The van der Waals surface area contributed by atoms with E-state index in [4.69, 9.17) is 4.42 Å². The van der Waals surface area contributed by atoms with E-state index in [1.54, 1.807) is 23.2 Å². The zero-order valence-corrected chi connectivity index (χ0v) is 13.8. The topological polar surface area (TPSA) is 71.6 Å². The van der Waals surface area contributed by atoms with Gasteiger partial charge in [-0.3, -0.25) is 14.3 Å². The number of fused-ring (bicyclic) bond motifs is 1. The van der Waals surface area contributed by atoms with Crippen LogP contribution in [0, 0.1) is 6.92 Å². The summed E-state index contributed by atoms with van der Waals surface area (Å²) in [6.45, 7) is 2.51. The van der Waals surface area contributed by atoms with Crippen LogP contribution < -0.4 is 4.90 Å². The average Bonchev–Trinajstić information content (AvgIpc) is 3.26. The predicted octanol–water partition coefficient (Wildman–Crippen LogP) is 1.73. The SMILES string of the molecule is Cc1ccoc1C(=O)N1CC[C@H]2[C@@H]1CCC(=O)N2c1cnn(C)c1. The first-order valence-electron chi connectivity index (χ1n) is 8.22. The molecular weight excluding hydrogens is 308 g/mol. The minimum absolute atomic E-state index is 0.00895. The summed E-state index contributed by atoms with van der Waals surface area (Å²) >= 11 is 0. The van der Waals surface area contributed by atoms with Crippen molar-refractivity contribution in [1.82, 2.24) is 14.7 Å². The molecule has 2 amide bonds. The number of furan rings is 1. The molecular formula is C17H20N4O3. The molecule has 0 bridgehead atoms. The van der Waals surface area contributed by atoms with Crippen LogP contribution in [0.1, 0.15) is 35.4 Å². The second-order valence-corrected chi connectivity index (χ2v) is 6.53. The van der Waals surface area contributed by atoms with Gasteiger partial charge in [-0.25, -0.2) is 0 Å². The third kappa shape index (κ3) is 2.23. The molecule has 0 spiro atoms. The molecule has 7 heteroatoms. The van der Waals surface area contributed by atoms with Crippen LogP contribution in [-0.4, -0.2) is 45.1 Å². The maximum Gasteiger partial charge on any atom is 0.290 e. The van der Waals surface area contributed by atoms with Crippen molar-refractivity contribution in [2.45, 2.75) is 38.3 Å². The molecule has 2 aromatic rings. The molecule has 2 saturated heterocycles. The van der Waals surface area contributed by atoms with Crippen molar-refractivity contribution in [2.75, 3.05) is 11.4 Å². The number of hydrogen-bond donors (Lipinski definition) is 0. The number of likely N-dealkylation sites (tertiary alicyclic amines) is 1. The maximum absolute atomic E-state index is 12.8. The standard InChI is InChI=1S/C17H20N4O3/c1-11-6-8-24-16(11)17(23)20-7-5-14-13(20)3-4-15(22)21(14)12-9-18-19(2)10-12/h6,8-10,13-14H,3-5,7H2,1-2H3/t13-,14-/m0/s1. The Balaban J connectivity index is 1.62. The fraction of sp³-hybridized carbons (Fsp3) is 0.471. The molecule has 2 fully saturated rings. The Morgan fingerprint density at radius 1 is 1.33 bits per heavy atom. The van der Waals surface area contributed by atoms with Crippen LogP contribution >= 0.6 is 0 Å². The molecule has 0 aromatic carbocycles. The third-order valence-corrected chi connectivity index (χ3v) is 5.05. The number of aryl methyl sites for hydroxylation is 2. The summed E-state index contributed by atoms with van der Waals surface area (Å²) in [6, 6.07) is 1.84. The molecule has 0 N–H and O–H groups in total. The number of carbonyl (C=O) groups is 2. The van der Waals surface area contributed by atoms with Gasteiger partial charge in [0, 0.05) is 31.8 Å². The van der Waals surface area contributed by atoms with Gasteiger partial charge in [0.1, 0.15) is 0 Å². The number of aromatic nitrogens is 2. The van der Waals surface area contributed by atoms with E-state index in [0.29, 0.717) is 25.1 Å². The van der Waals surface area contributed by atoms with Crippen LogP contribution in [0.2, 0.25) is 0 Å². The van der Waals surface area contributed by atoms with Gasteiger partial charge in [0.15, 0.2) is 5.76 Å². The number of anilines is 1. The zero-order valence-electron chi connectivity index (χ0n) is 13.8. The summed E-state index contributed by atoms with van der Waals surface area (Å²) in [5, 5.41) is 4.17. The molecule has 4 rings (SSSR count). The van der Waals surface area contributed by atoms with Crippen molar-refractivity contribution in [3.63, 3.8) is 0 Å². The first-order chi connectivity index (χ1) is 11.6. The van der Waals surface area contributed by atoms with Gasteiger partial charge in [-0.15, -0.1) is 0 Å². The fourth-order valence-electron chi connectivity index (χ4n) is 3.91. The Hall–Kier alpha value is -2.57. The number of hydrogen-bond acceptors (Lipinski definition) is 4. The van der Waals surface area contributed by atoms with E-state index in [0.717, 1.165) is 17.7 Å². The lowest BCUT2D eigenvalue weighted by Gasteiger charge is -2.38. The molecule has 0 radical (unpaired) electrons. The Labute approximate surface area is 139 Å². The summed E-state index contributed by atoms with van der Waals surface area (Å²) in [5.41, 5.74) is 1.65. The molecule has 7 nitrogen and oxygen atoms in total. The van der Waals surface area contributed by atoms with Crippen LogP contribution in [0.15, 0.2) is 29.1 Å². The van der Waals surface area contributed by atoms with Gasteiger partial charge >= 0.3 is 0 Å². The van der Waals surface area contributed by atoms with E-state index >= 15 is 0 Å². The van der Waals surface area contributed by atoms with E-state index in [9.17, 15) is 9.59 Å². The summed E-state index contributed by atoms with van der Waals surface area (Å²) in [6.07, 6.45) is 7.02. The fourth-order valence-corrected chi connectivity index (χ4v) is 3.91. The highest BCUT2D eigenvalue weighted by Gasteiger charge is 2.46. The van der Waals surface area contributed by atoms with Crippen molar-refractivity contribution < 1.29 is 14.0 Å². The molecule has 126 valence electrons. The van der Waals surface area contributed by atoms with Crippen LogP contribution in [-0.2, 0) is 11.8 Å². The monoisotopic (exact) mass is 328 g/mol. The minimum atomic E-state index is -0.0783. The van der Waals surface area contributed by atoms with E-state index in [1.807, 2.05) is 30.0 Å². The number of piperidine rings is 1. The Bertz CT molecular complexity index is 793. The maximum atomic E-state index is 12.8. The molecule has 0 saturated carbocycles. The van der Waals surface area contributed by atoms with Crippen molar-refractivity contribution in [1.29, 1.82) is 0 Å². The molecule has 0 aliphatic carbocycles. The lowest BCUT2D eigenvalue weighted by atomic mass is 9.95. The number of amides is 2. The van der Waals surface area contributed by atoms with E-state index in [2.05, 4.69) is 5.10 Å². The van der Waals surface area contributed by atoms with Crippen molar-refractivity contribution in [3.8, 4) is 0 Å². The van der Waals surface area contributed by atoms with Crippen LogP contribution in [0.3, 0.4) is 0 Å². The van der Waals surface area contributed by atoms with Gasteiger partial charge in [0.05, 0.1) is 30.2 Å². The highest BCUT2D eigenvalue weighted by molar-refractivity contribution is 5.97. The number of carbonyl (C=O) groups excluding carboxylic acids is 2. The van der Waals surface area contributed by atoms with Gasteiger partial charge in [0.25, 0.3) is 5.91 Å². The Morgan fingerprint density at radius 3 is 2.83 bits per heavy atom. The highest BCUT2D eigenvalue weighted by Crippen LogP contribution is 2.35. The second-order valence-electron chi connectivity index (χ2n) is 6.53. The Kier molecular flexibility index (Phi) is 3.44. The predicted molar refractivity (Wildman–Crippen MR) is 86.6 cm³/mol. The minimum Gasteiger partial charge on any atom is -0.459 e. The largest absolute Gasteiger partial charge is 0.459 e. The summed E-state index contributed by atoms with van der Waals surface area (Å²) < 4.78 is 7.06. The van der Waals surface area contributed by atoms with Gasteiger partial charge in [0.2, 0.25) is 5.91 Å². The lowest BCUT2D eigenvalue weighted by molar-refractivity contribution is -0.120. The van der Waals surface area contributed by atoms with Crippen molar-refractivity contribution in [2.24, 2.45) is 7.05 Å². The first-order valence-corrected chi connectivity index (χ1v) is 8.22. The number of rotatable bonds is 2. The molecule has 2 aromatic heterocycles. The molecule has 4 heterocycles. The van der Waals surface area contributed by atoms with E-state index < -0.39 is 0 Å². The van der Waals surface area contributed by atoms with Gasteiger partial charge in [-0.05, 0) is 25.8 Å². The van der Waals surface area contributed by atoms with Crippen LogP contribution in [0.25, 0.3) is 0 Å². The van der Waals surface area contributed by atoms with Gasteiger partial charge < -0.3 is 14.2 Å². The van der Waals surface area contributed by atoms with Crippen molar-refractivity contribution >= 4 is 17.5 Å². The second kappa shape index (κ2) is 5.51. The highest BCUT2D eigenvalue weighted by atomic mass is 16.3. The van der Waals surface area contributed by atoms with Gasteiger partial charge in [-0.1, -0.05) is 0 Å². The molecule has 24 heavy (non-hydrogen) atoms. The molecule has 2 aliphatic heterocycles. The molecule has 2 aliphatic rings. The summed E-state index contributed by atoms with van der Waals surface area (Å²) in [5.74, 6) is 0.429. The van der Waals surface area contributed by atoms with E-state index in [1.165, 1.54) is 0 Å². The van der Waals surface area contributed by atoms with Crippen LogP contribution in [0.5, 0.6) is 0 Å². The van der Waals surface area contributed by atoms with Crippen LogP contribution in [0.4, 0.5) is 5.69 Å².